The van der Waals surface area contributed by atoms with Crippen molar-refractivity contribution in [2.24, 2.45) is 0 Å². The molecule has 2 aromatic rings. The van der Waals surface area contributed by atoms with E-state index >= 15 is 0 Å². The van der Waals surface area contributed by atoms with Crippen LogP contribution in [0.5, 0.6) is 0 Å². The number of nitrogens with one attached hydrogen (secondary N) is 1. The monoisotopic (exact) mass is 316 g/mol. The van der Waals surface area contributed by atoms with Crippen LogP contribution in [0.3, 0.4) is 0 Å². The number of nitrogens with zero attached hydrogens (tertiary/aromatic N) is 3. The van der Waals surface area contributed by atoms with Gasteiger partial charge in [-0.3, -0.25) is 0 Å². The lowest BCUT2D eigenvalue weighted by molar-refractivity contribution is 0.145. The highest BCUT2D eigenvalue weighted by molar-refractivity contribution is 5.43. The zero-order valence-corrected chi connectivity index (χ0v) is 13.5. The number of aliphatic hydroxyl groups excluding tert-OH is 1. The Morgan fingerprint density at radius 2 is 2.22 bits per heavy atom. The second-order valence-electron chi connectivity index (χ2n) is 6.12. The Labute approximate surface area is 136 Å². The van der Waals surface area contributed by atoms with Crippen molar-refractivity contribution in [3.63, 3.8) is 0 Å². The van der Waals surface area contributed by atoms with Gasteiger partial charge in [0, 0.05) is 31.7 Å². The summed E-state index contributed by atoms with van der Waals surface area (Å²) in [6.07, 6.45) is 6.76. The third-order valence-corrected chi connectivity index (χ3v) is 4.21. The molecular weight excluding hydrogens is 292 g/mol. The summed E-state index contributed by atoms with van der Waals surface area (Å²) < 4.78 is 5.36. The molecule has 2 N–H and O–H groups in total. The molecule has 1 aliphatic heterocycles. The second kappa shape index (κ2) is 7.46. The number of anilines is 2. The van der Waals surface area contributed by atoms with E-state index in [9.17, 15) is 5.11 Å². The minimum absolute atomic E-state index is 0.174. The van der Waals surface area contributed by atoms with Crippen LogP contribution < -0.4 is 10.2 Å². The summed E-state index contributed by atoms with van der Waals surface area (Å²) in [5, 5.41) is 13.0. The smallest absolute Gasteiger partial charge is 0.224 e. The van der Waals surface area contributed by atoms with Gasteiger partial charge in [0.2, 0.25) is 5.95 Å². The average molecular weight is 316 g/mol. The van der Waals surface area contributed by atoms with Gasteiger partial charge in [0.1, 0.15) is 11.6 Å². The molecule has 3 rings (SSSR count). The molecule has 3 heterocycles. The molecule has 0 aromatic carbocycles. The van der Waals surface area contributed by atoms with Crippen LogP contribution in [-0.4, -0.2) is 40.3 Å². The molecule has 6 heteroatoms. The number of hydrogen-bond donors (Lipinski definition) is 2. The van der Waals surface area contributed by atoms with E-state index in [1.165, 1.54) is 0 Å². The van der Waals surface area contributed by atoms with Crippen LogP contribution >= 0.6 is 0 Å². The van der Waals surface area contributed by atoms with E-state index in [1.807, 2.05) is 18.2 Å². The number of aryl methyl sites for hydroxylation is 1. The fourth-order valence-corrected chi connectivity index (χ4v) is 2.80. The van der Waals surface area contributed by atoms with Crippen LogP contribution in [0, 0.1) is 0 Å². The van der Waals surface area contributed by atoms with Crippen molar-refractivity contribution in [1.82, 2.24) is 9.97 Å². The third kappa shape index (κ3) is 4.45. The second-order valence-corrected chi connectivity index (χ2v) is 6.12. The van der Waals surface area contributed by atoms with Gasteiger partial charge < -0.3 is 19.7 Å². The van der Waals surface area contributed by atoms with E-state index in [0.717, 1.165) is 50.4 Å². The molecule has 1 aliphatic rings. The summed E-state index contributed by atoms with van der Waals surface area (Å²) in [5.74, 6) is 2.58. The Balaban J connectivity index is 1.54. The van der Waals surface area contributed by atoms with Crippen molar-refractivity contribution in [2.45, 2.75) is 44.8 Å². The molecule has 0 aliphatic carbocycles. The van der Waals surface area contributed by atoms with Crippen molar-refractivity contribution in [3.05, 3.63) is 36.4 Å². The van der Waals surface area contributed by atoms with Crippen LogP contribution in [0.15, 0.2) is 35.1 Å². The quantitative estimate of drug-likeness (QED) is 0.853. The highest BCUT2D eigenvalue weighted by Gasteiger charge is 2.18. The van der Waals surface area contributed by atoms with Crippen molar-refractivity contribution in [1.29, 1.82) is 0 Å². The highest BCUT2D eigenvalue weighted by Crippen LogP contribution is 2.19. The van der Waals surface area contributed by atoms with Crippen LogP contribution in [0.25, 0.3) is 0 Å². The lowest BCUT2D eigenvalue weighted by Crippen LogP contribution is -2.36. The molecule has 1 saturated heterocycles. The molecule has 0 bridgehead atoms. The maximum atomic E-state index is 9.61. The molecule has 1 unspecified atom stereocenters. The van der Waals surface area contributed by atoms with Gasteiger partial charge in [-0.1, -0.05) is 0 Å². The highest BCUT2D eigenvalue weighted by atomic mass is 16.3. The van der Waals surface area contributed by atoms with E-state index in [0.29, 0.717) is 5.95 Å². The SMILES string of the molecule is CC(CCc1ccco1)Nc1nccc(N2CCC(O)CC2)n1. The summed E-state index contributed by atoms with van der Waals surface area (Å²) in [6, 6.07) is 6.10. The Morgan fingerprint density at radius 3 is 2.96 bits per heavy atom. The maximum absolute atomic E-state index is 9.61. The average Bonchev–Trinajstić information content (AvgIpc) is 3.07. The Bertz CT molecular complexity index is 594. The summed E-state index contributed by atoms with van der Waals surface area (Å²) >= 11 is 0. The number of rotatable bonds is 6. The van der Waals surface area contributed by atoms with Gasteiger partial charge in [-0.05, 0) is 44.4 Å². The standard InChI is InChI=1S/C17H24N4O2/c1-13(4-5-15-3-2-12-23-15)19-17-18-9-6-16(20-17)21-10-7-14(22)8-11-21/h2-3,6,9,12-14,22H,4-5,7-8,10-11H2,1H3,(H,18,19,20). The molecule has 1 atom stereocenters. The van der Waals surface area contributed by atoms with Crippen molar-refractivity contribution in [3.8, 4) is 0 Å². The largest absolute Gasteiger partial charge is 0.469 e. The molecular formula is C17H24N4O2. The van der Waals surface area contributed by atoms with Crippen molar-refractivity contribution >= 4 is 11.8 Å². The van der Waals surface area contributed by atoms with Crippen LogP contribution in [0.1, 0.15) is 31.9 Å². The number of aliphatic hydroxyl groups is 1. The molecule has 0 amide bonds. The molecule has 6 nitrogen and oxygen atoms in total. The molecule has 23 heavy (non-hydrogen) atoms. The number of piperidine rings is 1. The first-order chi connectivity index (χ1) is 11.2. The fourth-order valence-electron chi connectivity index (χ4n) is 2.80. The molecule has 0 saturated carbocycles. The van der Waals surface area contributed by atoms with Crippen LogP contribution in [-0.2, 0) is 6.42 Å². The molecule has 124 valence electrons. The van der Waals surface area contributed by atoms with Gasteiger partial charge >= 0.3 is 0 Å². The predicted molar refractivity (Wildman–Crippen MR) is 89.6 cm³/mol. The minimum atomic E-state index is -0.174. The van der Waals surface area contributed by atoms with Gasteiger partial charge in [-0.15, -0.1) is 0 Å². The van der Waals surface area contributed by atoms with Gasteiger partial charge in [0.15, 0.2) is 0 Å². The maximum Gasteiger partial charge on any atom is 0.224 e. The van der Waals surface area contributed by atoms with Gasteiger partial charge in [-0.2, -0.15) is 4.98 Å². The fraction of sp³-hybridized carbons (Fsp3) is 0.529. The van der Waals surface area contributed by atoms with Gasteiger partial charge in [0.05, 0.1) is 12.4 Å². The first kappa shape index (κ1) is 15.8. The van der Waals surface area contributed by atoms with E-state index in [1.54, 1.807) is 12.5 Å². The van der Waals surface area contributed by atoms with E-state index in [4.69, 9.17) is 4.42 Å². The molecule has 1 fully saturated rings. The number of aromatic nitrogens is 2. The van der Waals surface area contributed by atoms with E-state index in [2.05, 4.69) is 27.1 Å². The minimum Gasteiger partial charge on any atom is -0.469 e. The topological polar surface area (TPSA) is 74.4 Å². The summed E-state index contributed by atoms with van der Waals surface area (Å²) in [6.45, 7) is 3.80. The molecule has 2 aromatic heterocycles. The normalized spacial score (nSPS) is 17.2. The number of furan rings is 1. The zero-order valence-electron chi connectivity index (χ0n) is 13.5. The zero-order chi connectivity index (χ0) is 16.1. The Morgan fingerprint density at radius 1 is 1.39 bits per heavy atom. The van der Waals surface area contributed by atoms with E-state index < -0.39 is 0 Å². The number of hydrogen-bond acceptors (Lipinski definition) is 6. The lowest BCUT2D eigenvalue weighted by Gasteiger charge is -2.30. The van der Waals surface area contributed by atoms with E-state index in [-0.39, 0.29) is 12.1 Å². The predicted octanol–water partition coefficient (Wildman–Crippen LogP) is 2.46. The van der Waals surface area contributed by atoms with Gasteiger partial charge in [0.25, 0.3) is 0 Å². The summed E-state index contributed by atoms with van der Waals surface area (Å²) in [4.78, 5) is 11.1. The van der Waals surface area contributed by atoms with Crippen LogP contribution in [0.2, 0.25) is 0 Å². The first-order valence-corrected chi connectivity index (χ1v) is 8.25. The van der Waals surface area contributed by atoms with Gasteiger partial charge in [-0.25, -0.2) is 4.98 Å². The lowest BCUT2D eigenvalue weighted by atomic mass is 10.1. The summed E-state index contributed by atoms with van der Waals surface area (Å²) in [5.41, 5.74) is 0. The molecule has 0 radical (unpaired) electrons. The third-order valence-electron chi connectivity index (χ3n) is 4.21. The van der Waals surface area contributed by atoms with Crippen molar-refractivity contribution in [2.75, 3.05) is 23.3 Å². The Hall–Kier alpha value is -2.08. The summed E-state index contributed by atoms with van der Waals surface area (Å²) in [7, 11) is 0. The Kier molecular flexibility index (Phi) is 5.12. The van der Waals surface area contributed by atoms with Crippen LogP contribution in [0.4, 0.5) is 11.8 Å². The molecule has 0 spiro atoms. The first-order valence-electron chi connectivity index (χ1n) is 8.25. The van der Waals surface area contributed by atoms with Crippen molar-refractivity contribution < 1.29 is 9.52 Å².